The second kappa shape index (κ2) is 9.25. The standard InChI is InChI=1S/C23H28N2OS/c1-2-13-25(12-1)18-21-7-5-20(6-8-21)9-14-24-15-10-22(11-16-24)26-19-23-4-3-17-27-23/h3-8,10-11,15,17H,1-2,9,12-14,16,18-19H2. The largest absolute Gasteiger partial charge is 0.488 e. The van der Waals surface area contributed by atoms with Gasteiger partial charge in [0.05, 0.1) is 0 Å². The average Bonchev–Trinajstić information content (AvgIpc) is 3.41. The van der Waals surface area contributed by atoms with E-state index in [1.807, 2.05) is 0 Å². The Balaban J connectivity index is 1.19. The zero-order valence-corrected chi connectivity index (χ0v) is 16.7. The lowest BCUT2D eigenvalue weighted by Crippen LogP contribution is -2.23. The summed E-state index contributed by atoms with van der Waals surface area (Å²) in [5.74, 6) is 0.978. The Kier molecular flexibility index (Phi) is 6.28. The quantitative estimate of drug-likeness (QED) is 0.653. The molecule has 0 aliphatic carbocycles. The van der Waals surface area contributed by atoms with Crippen molar-refractivity contribution in [1.29, 1.82) is 0 Å². The molecule has 0 amide bonds. The molecule has 27 heavy (non-hydrogen) atoms. The molecule has 2 aromatic rings. The van der Waals surface area contributed by atoms with Crippen LogP contribution >= 0.6 is 11.3 Å². The highest BCUT2D eigenvalue weighted by molar-refractivity contribution is 7.09. The third-order valence-electron chi connectivity index (χ3n) is 5.25. The van der Waals surface area contributed by atoms with Gasteiger partial charge in [-0.2, -0.15) is 0 Å². The summed E-state index contributed by atoms with van der Waals surface area (Å²) >= 11 is 1.74. The Morgan fingerprint density at radius 2 is 1.81 bits per heavy atom. The van der Waals surface area contributed by atoms with Gasteiger partial charge in [0.25, 0.3) is 0 Å². The maximum Gasteiger partial charge on any atom is 0.122 e. The third kappa shape index (κ3) is 5.47. The Morgan fingerprint density at radius 1 is 1.00 bits per heavy atom. The minimum Gasteiger partial charge on any atom is -0.488 e. The van der Waals surface area contributed by atoms with E-state index in [4.69, 9.17) is 4.74 Å². The van der Waals surface area contributed by atoms with Gasteiger partial charge >= 0.3 is 0 Å². The zero-order chi connectivity index (χ0) is 18.3. The van der Waals surface area contributed by atoms with Gasteiger partial charge in [-0.1, -0.05) is 30.3 Å². The lowest BCUT2D eigenvalue weighted by molar-refractivity contribution is 0.207. The van der Waals surface area contributed by atoms with E-state index in [1.165, 1.54) is 41.9 Å². The summed E-state index contributed by atoms with van der Waals surface area (Å²) in [7, 11) is 0. The molecule has 4 heteroatoms. The Bertz CT molecular complexity index is 758. The lowest BCUT2D eigenvalue weighted by Gasteiger charge is -2.22. The first kappa shape index (κ1) is 18.3. The maximum atomic E-state index is 5.86. The molecule has 2 aliphatic rings. The SMILES string of the molecule is C1=CN(CCc2ccc(CN3CCCC3)cc2)CC=C1OCc1cccs1. The number of hydrogen-bond donors (Lipinski definition) is 0. The second-order valence-corrected chi connectivity index (χ2v) is 8.37. The number of hydrogen-bond acceptors (Lipinski definition) is 4. The summed E-state index contributed by atoms with van der Waals surface area (Å²) in [6, 6.07) is 13.4. The lowest BCUT2D eigenvalue weighted by atomic mass is 10.1. The third-order valence-corrected chi connectivity index (χ3v) is 6.10. The van der Waals surface area contributed by atoms with Crippen molar-refractivity contribution in [3.8, 4) is 0 Å². The van der Waals surface area contributed by atoms with Crippen LogP contribution in [0.3, 0.4) is 0 Å². The summed E-state index contributed by atoms with van der Waals surface area (Å²) in [4.78, 5) is 6.16. The van der Waals surface area contributed by atoms with E-state index >= 15 is 0 Å². The van der Waals surface area contributed by atoms with Crippen molar-refractivity contribution < 1.29 is 4.74 Å². The monoisotopic (exact) mass is 380 g/mol. The average molecular weight is 381 g/mol. The zero-order valence-electron chi connectivity index (χ0n) is 15.8. The van der Waals surface area contributed by atoms with Gasteiger partial charge in [-0.3, -0.25) is 4.90 Å². The molecule has 0 saturated carbocycles. The van der Waals surface area contributed by atoms with Crippen LogP contribution in [-0.2, 0) is 24.3 Å². The van der Waals surface area contributed by atoms with Gasteiger partial charge in [-0.25, -0.2) is 0 Å². The molecule has 1 aromatic carbocycles. The first-order valence-electron chi connectivity index (χ1n) is 9.93. The van der Waals surface area contributed by atoms with Crippen LogP contribution in [0, 0.1) is 0 Å². The van der Waals surface area contributed by atoms with Crippen molar-refractivity contribution >= 4 is 11.3 Å². The molecule has 142 valence electrons. The van der Waals surface area contributed by atoms with Gasteiger partial charge in [-0.05, 0) is 67.1 Å². The van der Waals surface area contributed by atoms with E-state index in [0.29, 0.717) is 6.61 Å². The second-order valence-electron chi connectivity index (χ2n) is 7.33. The fourth-order valence-corrected chi connectivity index (χ4v) is 4.24. The summed E-state index contributed by atoms with van der Waals surface area (Å²) < 4.78 is 5.86. The topological polar surface area (TPSA) is 15.7 Å². The van der Waals surface area contributed by atoms with Crippen molar-refractivity contribution in [2.24, 2.45) is 0 Å². The highest BCUT2D eigenvalue weighted by Gasteiger charge is 2.11. The van der Waals surface area contributed by atoms with E-state index < -0.39 is 0 Å². The molecule has 0 unspecified atom stereocenters. The van der Waals surface area contributed by atoms with Crippen molar-refractivity contribution in [2.45, 2.75) is 32.4 Å². The molecule has 0 bridgehead atoms. The molecule has 1 saturated heterocycles. The van der Waals surface area contributed by atoms with Crippen LogP contribution in [-0.4, -0.2) is 36.0 Å². The number of likely N-dealkylation sites (tertiary alicyclic amines) is 1. The predicted molar refractivity (Wildman–Crippen MR) is 113 cm³/mol. The summed E-state index contributed by atoms with van der Waals surface area (Å²) in [5.41, 5.74) is 2.85. The molecule has 3 heterocycles. The van der Waals surface area contributed by atoms with E-state index in [-0.39, 0.29) is 0 Å². The molecular formula is C23H28N2OS. The molecule has 0 atom stereocenters. The van der Waals surface area contributed by atoms with Gasteiger partial charge < -0.3 is 9.64 Å². The molecule has 3 nitrogen and oxygen atoms in total. The summed E-state index contributed by atoms with van der Waals surface area (Å²) in [6.07, 6.45) is 10.2. The van der Waals surface area contributed by atoms with Crippen LogP contribution in [0.4, 0.5) is 0 Å². The van der Waals surface area contributed by atoms with E-state index in [2.05, 4.69) is 69.9 Å². The van der Waals surface area contributed by atoms with E-state index in [9.17, 15) is 0 Å². The molecule has 0 N–H and O–H groups in total. The smallest absolute Gasteiger partial charge is 0.122 e. The normalized spacial score (nSPS) is 17.3. The van der Waals surface area contributed by atoms with Crippen molar-refractivity contribution in [3.63, 3.8) is 0 Å². The van der Waals surface area contributed by atoms with Crippen LogP contribution in [0.1, 0.15) is 28.8 Å². The van der Waals surface area contributed by atoms with Crippen LogP contribution in [0.15, 0.2) is 65.9 Å². The fraction of sp³-hybridized carbons (Fsp3) is 0.391. The number of allylic oxidation sites excluding steroid dienone is 1. The highest BCUT2D eigenvalue weighted by atomic mass is 32.1. The number of nitrogens with zero attached hydrogens (tertiary/aromatic N) is 2. The maximum absolute atomic E-state index is 5.86. The number of ether oxygens (including phenoxy) is 1. The van der Waals surface area contributed by atoms with Crippen molar-refractivity contribution in [3.05, 3.63) is 81.9 Å². The van der Waals surface area contributed by atoms with Crippen molar-refractivity contribution in [1.82, 2.24) is 9.80 Å². The minimum absolute atomic E-state index is 0.664. The molecule has 2 aliphatic heterocycles. The highest BCUT2D eigenvalue weighted by Crippen LogP contribution is 2.16. The van der Waals surface area contributed by atoms with Crippen molar-refractivity contribution in [2.75, 3.05) is 26.2 Å². The number of thiophene rings is 1. The van der Waals surface area contributed by atoms with Crippen LogP contribution in [0.5, 0.6) is 0 Å². The van der Waals surface area contributed by atoms with E-state index in [1.54, 1.807) is 11.3 Å². The fourth-order valence-electron chi connectivity index (χ4n) is 3.62. The number of rotatable bonds is 8. The predicted octanol–water partition coefficient (Wildman–Crippen LogP) is 4.82. The number of benzene rings is 1. The van der Waals surface area contributed by atoms with Crippen LogP contribution in [0.25, 0.3) is 0 Å². The molecule has 0 spiro atoms. The minimum atomic E-state index is 0.664. The summed E-state index contributed by atoms with van der Waals surface area (Å²) in [5, 5.41) is 2.09. The Morgan fingerprint density at radius 3 is 2.52 bits per heavy atom. The van der Waals surface area contributed by atoms with Crippen LogP contribution in [0.2, 0.25) is 0 Å². The van der Waals surface area contributed by atoms with Gasteiger partial charge in [-0.15, -0.1) is 11.3 Å². The Hall–Kier alpha value is -2.04. The first-order valence-corrected chi connectivity index (χ1v) is 10.8. The molecule has 0 radical (unpaired) electrons. The van der Waals surface area contributed by atoms with Crippen LogP contribution < -0.4 is 0 Å². The van der Waals surface area contributed by atoms with Gasteiger partial charge in [0.2, 0.25) is 0 Å². The summed E-state index contributed by atoms with van der Waals surface area (Å²) in [6.45, 7) is 6.25. The first-order chi connectivity index (χ1) is 13.3. The van der Waals surface area contributed by atoms with E-state index in [0.717, 1.165) is 31.8 Å². The molecular weight excluding hydrogens is 352 g/mol. The van der Waals surface area contributed by atoms with Gasteiger partial charge in [0.1, 0.15) is 12.4 Å². The molecule has 4 rings (SSSR count). The molecule has 1 fully saturated rings. The Labute approximate surface area is 166 Å². The van der Waals surface area contributed by atoms with Gasteiger partial charge in [0.15, 0.2) is 0 Å². The molecule has 1 aromatic heterocycles. The van der Waals surface area contributed by atoms with Gasteiger partial charge in [0, 0.05) is 30.7 Å².